The fourth-order valence-corrected chi connectivity index (χ4v) is 1.79. The quantitative estimate of drug-likeness (QED) is 0.731. The standard InChI is InChI=1S/C14H17NO2/c1-2-13-4-3-5-14(12-13)17-11-8-15-6-9-16-10-7-15/h1,3-5,12H,6-11H2. The van der Waals surface area contributed by atoms with Gasteiger partial charge in [0, 0.05) is 25.2 Å². The van der Waals surface area contributed by atoms with Crippen LogP contribution in [-0.2, 0) is 4.74 Å². The third kappa shape index (κ3) is 3.77. The Hall–Kier alpha value is -1.50. The molecule has 3 nitrogen and oxygen atoms in total. The van der Waals surface area contributed by atoms with Gasteiger partial charge < -0.3 is 9.47 Å². The molecule has 1 heterocycles. The van der Waals surface area contributed by atoms with E-state index in [0.29, 0.717) is 6.61 Å². The molecule has 2 rings (SSSR count). The first-order valence-corrected chi connectivity index (χ1v) is 5.88. The maximum Gasteiger partial charge on any atom is 0.120 e. The van der Waals surface area contributed by atoms with Crippen molar-refractivity contribution >= 4 is 0 Å². The summed E-state index contributed by atoms with van der Waals surface area (Å²) in [6.07, 6.45) is 5.34. The maximum absolute atomic E-state index is 5.67. The number of ether oxygens (including phenoxy) is 2. The van der Waals surface area contributed by atoms with Crippen molar-refractivity contribution in [3.05, 3.63) is 29.8 Å². The summed E-state index contributed by atoms with van der Waals surface area (Å²) in [5, 5.41) is 0. The summed E-state index contributed by atoms with van der Waals surface area (Å²) in [7, 11) is 0. The van der Waals surface area contributed by atoms with Crippen LogP contribution in [-0.4, -0.2) is 44.4 Å². The summed E-state index contributed by atoms with van der Waals surface area (Å²) in [6, 6.07) is 7.63. The van der Waals surface area contributed by atoms with Gasteiger partial charge in [0.25, 0.3) is 0 Å². The molecule has 1 aliphatic heterocycles. The lowest BCUT2D eigenvalue weighted by Crippen LogP contribution is -2.38. The highest BCUT2D eigenvalue weighted by molar-refractivity contribution is 5.38. The lowest BCUT2D eigenvalue weighted by atomic mass is 10.2. The topological polar surface area (TPSA) is 21.7 Å². The Bertz CT molecular complexity index is 391. The molecule has 0 unspecified atom stereocenters. The Labute approximate surface area is 102 Å². The zero-order chi connectivity index (χ0) is 11.9. The van der Waals surface area contributed by atoms with Gasteiger partial charge in [0.15, 0.2) is 0 Å². The predicted molar refractivity (Wildman–Crippen MR) is 67.1 cm³/mol. The first-order chi connectivity index (χ1) is 8.38. The van der Waals surface area contributed by atoms with Crippen molar-refractivity contribution in [1.82, 2.24) is 4.90 Å². The predicted octanol–water partition coefficient (Wildman–Crippen LogP) is 1.38. The molecule has 0 amide bonds. The molecule has 1 saturated heterocycles. The zero-order valence-corrected chi connectivity index (χ0v) is 9.89. The molecule has 0 spiro atoms. The average molecular weight is 231 g/mol. The minimum Gasteiger partial charge on any atom is -0.492 e. The fraction of sp³-hybridized carbons (Fsp3) is 0.429. The van der Waals surface area contributed by atoms with Gasteiger partial charge in [-0.1, -0.05) is 12.0 Å². The van der Waals surface area contributed by atoms with Crippen LogP contribution in [0.2, 0.25) is 0 Å². The fourth-order valence-electron chi connectivity index (χ4n) is 1.79. The van der Waals surface area contributed by atoms with Crippen LogP contribution in [0.3, 0.4) is 0 Å². The average Bonchev–Trinajstić information content (AvgIpc) is 2.40. The van der Waals surface area contributed by atoms with Crippen LogP contribution in [0.4, 0.5) is 0 Å². The molecule has 0 N–H and O–H groups in total. The smallest absolute Gasteiger partial charge is 0.120 e. The van der Waals surface area contributed by atoms with Gasteiger partial charge in [0.1, 0.15) is 12.4 Å². The van der Waals surface area contributed by atoms with E-state index in [-0.39, 0.29) is 0 Å². The highest BCUT2D eigenvalue weighted by Crippen LogP contribution is 2.12. The maximum atomic E-state index is 5.67. The molecule has 1 fully saturated rings. The lowest BCUT2D eigenvalue weighted by molar-refractivity contribution is 0.0322. The van der Waals surface area contributed by atoms with E-state index in [4.69, 9.17) is 15.9 Å². The van der Waals surface area contributed by atoms with Crippen molar-refractivity contribution in [2.75, 3.05) is 39.5 Å². The van der Waals surface area contributed by atoms with Crippen LogP contribution in [0.25, 0.3) is 0 Å². The van der Waals surface area contributed by atoms with E-state index >= 15 is 0 Å². The summed E-state index contributed by atoms with van der Waals surface area (Å²) in [5.74, 6) is 3.44. The first-order valence-electron chi connectivity index (χ1n) is 5.88. The molecule has 0 saturated carbocycles. The SMILES string of the molecule is C#Cc1cccc(OCCN2CCOCC2)c1. The van der Waals surface area contributed by atoms with Gasteiger partial charge in [-0.05, 0) is 18.2 Å². The summed E-state index contributed by atoms with van der Waals surface area (Å²) in [6.45, 7) is 5.26. The number of rotatable bonds is 4. The minimum absolute atomic E-state index is 0.689. The summed E-state index contributed by atoms with van der Waals surface area (Å²) < 4.78 is 11.0. The van der Waals surface area contributed by atoms with Gasteiger partial charge in [0.05, 0.1) is 13.2 Å². The Morgan fingerprint density at radius 2 is 2.18 bits per heavy atom. The largest absolute Gasteiger partial charge is 0.492 e. The van der Waals surface area contributed by atoms with E-state index in [1.54, 1.807) is 0 Å². The molecule has 0 atom stereocenters. The highest BCUT2D eigenvalue weighted by Gasteiger charge is 2.09. The summed E-state index contributed by atoms with van der Waals surface area (Å²) in [4.78, 5) is 2.34. The van der Waals surface area contributed by atoms with Crippen molar-refractivity contribution in [3.8, 4) is 18.1 Å². The molecule has 3 heteroatoms. The third-order valence-electron chi connectivity index (χ3n) is 2.78. The monoisotopic (exact) mass is 231 g/mol. The molecule has 0 aromatic heterocycles. The van der Waals surface area contributed by atoms with Crippen LogP contribution < -0.4 is 4.74 Å². The molecular formula is C14H17NO2. The second-order valence-corrected chi connectivity index (χ2v) is 3.97. The molecule has 90 valence electrons. The van der Waals surface area contributed by atoms with E-state index in [0.717, 1.165) is 44.2 Å². The van der Waals surface area contributed by atoms with Crippen LogP contribution >= 0.6 is 0 Å². The first kappa shape index (κ1) is 12.0. The number of hydrogen-bond donors (Lipinski definition) is 0. The van der Waals surface area contributed by atoms with Gasteiger partial charge >= 0.3 is 0 Å². The number of terminal acetylenes is 1. The van der Waals surface area contributed by atoms with Crippen LogP contribution in [0, 0.1) is 12.3 Å². The Morgan fingerprint density at radius 3 is 2.94 bits per heavy atom. The number of benzene rings is 1. The normalized spacial score (nSPS) is 16.4. The van der Waals surface area contributed by atoms with Crippen LogP contribution in [0.1, 0.15) is 5.56 Å². The van der Waals surface area contributed by atoms with Crippen molar-refractivity contribution in [3.63, 3.8) is 0 Å². The minimum atomic E-state index is 0.689. The Morgan fingerprint density at radius 1 is 1.35 bits per heavy atom. The van der Waals surface area contributed by atoms with E-state index in [1.165, 1.54) is 0 Å². The van der Waals surface area contributed by atoms with Crippen molar-refractivity contribution < 1.29 is 9.47 Å². The zero-order valence-electron chi connectivity index (χ0n) is 9.89. The van der Waals surface area contributed by atoms with E-state index in [1.807, 2.05) is 24.3 Å². The molecule has 0 aliphatic carbocycles. The summed E-state index contributed by atoms with van der Waals surface area (Å²) >= 11 is 0. The van der Waals surface area contributed by atoms with E-state index in [9.17, 15) is 0 Å². The van der Waals surface area contributed by atoms with Crippen LogP contribution in [0.5, 0.6) is 5.75 Å². The molecule has 1 aromatic carbocycles. The van der Waals surface area contributed by atoms with Crippen molar-refractivity contribution in [1.29, 1.82) is 0 Å². The number of nitrogens with zero attached hydrogens (tertiary/aromatic N) is 1. The molecule has 1 aliphatic rings. The molecule has 0 radical (unpaired) electrons. The van der Waals surface area contributed by atoms with Gasteiger partial charge in [-0.25, -0.2) is 0 Å². The van der Waals surface area contributed by atoms with E-state index in [2.05, 4.69) is 10.8 Å². The second kappa shape index (κ2) is 6.29. The molecule has 1 aromatic rings. The van der Waals surface area contributed by atoms with Crippen LogP contribution in [0.15, 0.2) is 24.3 Å². The molecule has 17 heavy (non-hydrogen) atoms. The summed E-state index contributed by atoms with van der Waals surface area (Å²) in [5.41, 5.74) is 0.855. The van der Waals surface area contributed by atoms with Gasteiger partial charge in [-0.15, -0.1) is 6.42 Å². The number of hydrogen-bond acceptors (Lipinski definition) is 3. The third-order valence-corrected chi connectivity index (χ3v) is 2.78. The Kier molecular flexibility index (Phi) is 4.43. The van der Waals surface area contributed by atoms with Crippen molar-refractivity contribution in [2.45, 2.75) is 0 Å². The Balaban J connectivity index is 1.75. The molecular weight excluding hydrogens is 214 g/mol. The lowest BCUT2D eigenvalue weighted by Gasteiger charge is -2.26. The highest BCUT2D eigenvalue weighted by atomic mass is 16.5. The van der Waals surface area contributed by atoms with Gasteiger partial charge in [0.2, 0.25) is 0 Å². The number of morpholine rings is 1. The van der Waals surface area contributed by atoms with Gasteiger partial charge in [-0.3, -0.25) is 4.90 Å². The van der Waals surface area contributed by atoms with E-state index < -0.39 is 0 Å². The van der Waals surface area contributed by atoms with Crippen molar-refractivity contribution in [2.24, 2.45) is 0 Å². The van der Waals surface area contributed by atoms with Gasteiger partial charge in [-0.2, -0.15) is 0 Å². The molecule has 0 bridgehead atoms. The second-order valence-electron chi connectivity index (χ2n) is 3.97.